The zero-order chi connectivity index (χ0) is 16.9. The molecule has 0 radical (unpaired) electrons. The molecular weight excluding hydrogens is 306 g/mol. The number of azide groups is 1. The lowest BCUT2D eigenvalue weighted by Crippen LogP contribution is -2.35. The van der Waals surface area contributed by atoms with Crippen LogP contribution in [-0.2, 0) is 23.9 Å². The highest BCUT2D eigenvalue weighted by molar-refractivity contribution is 6.13. The van der Waals surface area contributed by atoms with Crippen LogP contribution in [0.25, 0.3) is 10.4 Å². The van der Waals surface area contributed by atoms with Crippen LogP contribution in [0.3, 0.4) is 0 Å². The molecule has 0 saturated heterocycles. The number of rotatable bonds is 12. The van der Waals surface area contributed by atoms with Crippen LogP contribution in [0.5, 0.6) is 0 Å². The normalized spacial score (nSPS) is 13.3. The van der Waals surface area contributed by atoms with Crippen LogP contribution in [0, 0.1) is 0 Å². The van der Waals surface area contributed by atoms with E-state index < -0.39 is 11.8 Å². The van der Waals surface area contributed by atoms with Crippen molar-refractivity contribution >= 4 is 17.7 Å². The monoisotopic (exact) mass is 325 g/mol. The Morgan fingerprint density at radius 1 is 1.17 bits per heavy atom. The van der Waals surface area contributed by atoms with Gasteiger partial charge in [0.25, 0.3) is 11.8 Å². The predicted molar refractivity (Wildman–Crippen MR) is 79.1 cm³/mol. The minimum absolute atomic E-state index is 0.0572. The second kappa shape index (κ2) is 11.2. The van der Waals surface area contributed by atoms with Gasteiger partial charge in [-0.25, -0.2) is 0 Å². The molecule has 23 heavy (non-hydrogen) atoms. The molecule has 0 saturated carbocycles. The van der Waals surface area contributed by atoms with Gasteiger partial charge in [-0.05, 0) is 5.53 Å². The molecule has 0 atom stereocenters. The quantitative estimate of drug-likeness (QED) is 0.174. The van der Waals surface area contributed by atoms with Crippen molar-refractivity contribution in [3.05, 3.63) is 22.6 Å². The zero-order valence-electron chi connectivity index (χ0n) is 12.6. The smallest absolute Gasteiger partial charge is 0.253 e. The van der Waals surface area contributed by atoms with Gasteiger partial charge in [-0.3, -0.25) is 19.3 Å². The first-order valence-electron chi connectivity index (χ1n) is 7.11. The van der Waals surface area contributed by atoms with E-state index in [1.807, 2.05) is 0 Å². The molecule has 0 aromatic heterocycles. The molecule has 0 spiro atoms. The molecule has 0 fully saturated rings. The van der Waals surface area contributed by atoms with Crippen molar-refractivity contribution < 1.29 is 23.9 Å². The maximum atomic E-state index is 11.5. The number of hydrogen-bond donors (Lipinski definition) is 1. The third-order valence-electron chi connectivity index (χ3n) is 2.80. The summed E-state index contributed by atoms with van der Waals surface area (Å²) >= 11 is 0. The molecule has 3 amide bonds. The van der Waals surface area contributed by atoms with Crippen LogP contribution in [0.2, 0.25) is 0 Å². The Labute approximate surface area is 133 Å². The molecule has 0 unspecified atom stereocenters. The SMILES string of the molecule is [N-]=[N+]=NCCOCCOCCNC(=O)CCN1C(=O)C=CC1=O. The molecule has 10 nitrogen and oxygen atoms in total. The Balaban J connectivity index is 1.93. The summed E-state index contributed by atoms with van der Waals surface area (Å²) in [6.07, 6.45) is 2.42. The third-order valence-corrected chi connectivity index (χ3v) is 2.80. The maximum absolute atomic E-state index is 11.5. The number of carbonyl (C=O) groups excluding carboxylic acids is 3. The van der Waals surface area contributed by atoms with E-state index in [1.54, 1.807) is 0 Å². The van der Waals surface area contributed by atoms with Gasteiger partial charge in [0.1, 0.15) is 0 Å². The van der Waals surface area contributed by atoms with Crippen LogP contribution < -0.4 is 5.32 Å². The Bertz CT molecular complexity index is 483. The highest BCUT2D eigenvalue weighted by atomic mass is 16.5. The van der Waals surface area contributed by atoms with E-state index in [4.69, 9.17) is 15.0 Å². The molecule has 0 aliphatic carbocycles. The largest absolute Gasteiger partial charge is 0.379 e. The van der Waals surface area contributed by atoms with E-state index >= 15 is 0 Å². The summed E-state index contributed by atoms with van der Waals surface area (Å²) in [4.78, 5) is 37.7. The highest BCUT2D eigenvalue weighted by Gasteiger charge is 2.23. The molecule has 0 bridgehead atoms. The second-order valence-corrected chi connectivity index (χ2v) is 4.44. The molecular formula is C13H19N5O5. The standard InChI is InChI=1S/C13H19N5O5/c14-17-16-5-8-23-10-9-22-7-4-15-11(19)3-6-18-12(20)1-2-13(18)21/h1-2H,3-10H2,(H,15,19). The zero-order valence-corrected chi connectivity index (χ0v) is 12.6. The first-order chi connectivity index (χ1) is 11.1. The maximum Gasteiger partial charge on any atom is 0.253 e. The molecule has 1 aliphatic heterocycles. The van der Waals surface area contributed by atoms with Gasteiger partial charge in [-0.15, -0.1) is 0 Å². The second-order valence-electron chi connectivity index (χ2n) is 4.44. The first-order valence-corrected chi connectivity index (χ1v) is 7.11. The van der Waals surface area contributed by atoms with Gasteiger partial charge >= 0.3 is 0 Å². The van der Waals surface area contributed by atoms with Crippen molar-refractivity contribution in [2.24, 2.45) is 5.11 Å². The molecule has 0 aromatic carbocycles. The van der Waals surface area contributed by atoms with Gasteiger partial charge in [0, 0.05) is 43.1 Å². The van der Waals surface area contributed by atoms with Crippen LogP contribution >= 0.6 is 0 Å². The average Bonchev–Trinajstić information content (AvgIpc) is 2.86. The highest BCUT2D eigenvalue weighted by Crippen LogP contribution is 2.03. The van der Waals surface area contributed by atoms with Gasteiger partial charge in [0.15, 0.2) is 0 Å². The van der Waals surface area contributed by atoms with Gasteiger partial charge in [0.05, 0.1) is 26.4 Å². The van der Waals surface area contributed by atoms with E-state index in [9.17, 15) is 14.4 Å². The minimum atomic E-state index is -0.397. The van der Waals surface area contributed by atoms with Crippen molar-refractivity contribution in [3.63, 3.8) is 0 Å². The van der Waals surface area contributed by atoms with Crippen LogP contribution in [0.1, 0.15) is 6.42 Å². The van der Waals surface area contributed by atoms with Crippen molar-refractivity contribution in [1.29, 1.82) is 0 Å². The van der Waals surface area contributed by atoms with Crippen LogP contribution in [0.15, 0.2) is 17.3 Å². The number of nitrogens with zero attached hydrogens (tertiary/aromatic N) is 4. The lowest BCUT2D eigenvalue weighted by Gasteiger charge is -2.13. The summed E-state index contributed by atoms with van der Waals surface area (Å²) in [5.74, 6) is -1.05. The van der Waals surface area contributed by atoms with Crippen LogP contribution in [-0.4, -0.2) is 68.7 Å². The molecule has 1 aliphatic rings. The fraction of sp³-hybridized carbons (Fsp3) is 0.615. The van der Waals surface area contributed by atoms with E-state index in [-0.39, 0.29) is 25.4 Å². The average molecular weight is 325 g/mol. The first kappa shape index (κ1) is 18.6. The molecule has 0 aromatic rings. The number of imide groups is 1. The molecule has 126 valence electrons. The van der Waals surface area contributed by atoms with Gasteiger partial charge in [-0.2, -0.15) is 0 Å². The molecule has 1 rings (SSSR count). The van der Waals surface area contributed by atoms with Crippen molar-refractivity contribution in [3.8, 4) is 0 Å². The van der Waals surface area contributed by atoms with E-state index in [0.717, 1.165) is 4.90 Å². The number of amides is 3. The Hall–Kier alpha value is -2.42. The Morgan fingerprint density at radius 3 is 2.48 bits per heavy atom. The van der Waals surface area contributed by atoms with Crippen molar-refractivity contribution in [2.45, 2.75) is 6.42 Å². The summed E-state index contributed by atoms with van der Waals surface area (Å²) < 4.78 is 10.4. The number of carbonyl (C=O) groups is 3. The lowest BCUT2D eigenvalue weighted by molar-refractivity contribution is -0.137. The molecule has 1 N–H and O–H groups in total. The number of ether oxygens (including phenoxy) is 2. The topological polar surface area (TPSA) is 134 Å². The van der Waals surface area contributed by atoms with Crippen LogP contribution in [0.4, 0.5) is 0 Å². The molecule has 1 heterocycles. The van der Waals surface area contributed by atoms with Gasteiger partial charge < -0.3 is 14.8 Å². The Kier molecular flexibility index (Phi) is 9.06. The number of hydrogen-bond acceptors (Lipinski definition) is 6. The predicted octanol–water partition coefficient (Wildman–Crippen LogP) is -0.239. The third kappa shape index (κ3) is 7.96. The Morgan fingerprint density at radius 2 is 1.83 bits per heavy atom. The summed E-state index contributed by atoms with van der Waals surface area (Å²) in [7, 11) is 0. The van der Waals surface area contributed by atoms with Crippen molar-refractivity contribution in [1.82, 2.24) is 10.2 Å². The summed E-state index contributed by atoms with van der Waals surface area (Å²) in [5.41, 5.74) is 8.04. The molecule has 10 heteroatoms. The summed E-state index contributed by atoms with van der Waals surface area (Å²) in [5, 5.41) is 5.94. The lowest BCUT2D eigenvalue weighted by atomic mass is 10.3. The van der Waals surface area contributed by atoms with Gasteiger partial charge in [0.2, 0.25) is 5.91 Å². The van der Waals surface area contributed by atoms with Crippen molar-refractivity contribution in [2.75, 3.05) is 46.1 Å². The van der Waals surface area contributed by atoms with E-state index in [1.165, 1.54) is 12.2 Å². The summed E-state index contributed by atoms with van der Waals surface area (Å²) in [6, 6.07) is 0. The van der Waals surface area contributed by atoms with Gasteiger partial charge in [-0.1, -0.05) is 5.11 Å². The fourth-order valence-electron chi connectivity index (χ4n) is 1.69. The number of nitrogens with one attached hydrogen (secondary N) is 1. The fourth-order valence-corrected chi connectivity index (χ4v) is 1.69. The van der Waals surface area contributed by atoms with E-state index in [0.29, 0.717) is 33.0 Å². The minimum Gasteiger partial charge on any atom is -0.379 e. The summed E-state index contributed by atoms with van der Waals surface area (Å²) in [6.45, 7) is 2.09. The van der Waals surface area contributed by atoms with E-state index in [2.05, 4.69) is 15.3 Å².